The molecule has 7 nitrogen and oxygen atoms in total. The minimum atomic E-state index is -0.346. The Hall–Kier alpha value is -2.38. The first-order chi connectivity index (χ1) is 16.1. The van der Waals surface area contributed by atoms with Crippen molar-refractivity contribution in [1.29, 1.82) is 0 Å². The van der Waals surface area contributed by atoms with Crippen LogP contribution in [0.2, 0.25) is 0 Å². The van der Waals surface area contributed by atoms with Gasteiger partial charge >= 0.3 is 5.97 Å². The summed E-state index contributed by atoms with van der Waals surface area (Å²) in [7, 11) is 1.86. The van der Waals surface area contributed by atoms with Gasteiger partial charge in [0.15, 0.2) is 0 Å². The Morgan fingerprint density at radius 3 is 2.73 bits per heavy atom. The number of carbonyl (C=O) groups is 2. The fourth-order valence-corrected chi connectivity index (χ4v) is 5.47. The van der Waals surface area contributed by atoms with Crippen LogP contribution in [0.1, 0.15) is 62.4 Å². The Kier molecular flexibility index (Phi) is 8.04. The average Bonchev–Trinajstić information content (AvgIpc) is 3.44. The van der Waals surface area contributed by atoms with E-state index in [9.17, 15) is 9.59 Å². The first-order valence-corrected chi connectivity index (χ1v) is 12.5. The Labute approximate surface area is 196 Å². The molecule has 1 amide bonds. The Morgan fingerprint density at radius 1 is 1.12 bits per heavy atom. The molecule has 180 valence electrons. The third kappa shape index (κ3) is 5.58. The Balaban J connectivity index is 1.40. The smallest absolute Gasteiger partial charge is 0.354 e. The van der Waals surface area contributed by atoms with Gasteiger partial charge < -0.3 is 24.7 Å². The lowest BCUT2D eigenvalue weighted by molar-refractivity contribution is -0.119. The predicted molar refractivity (Wildman–Crippen MR) is 129 cm³/mol. The number of nitrogens with one attached hydrogen (secondary N) is 2. The van der Waals surface area contributed by atoms with Crippen LogP contribution in [0.4, 0.5) is 5.69 Å². The van der Waals surface area contributed by atoms with E-state index in [1.807, 2.05) is 42.8 Å². The van der Waals surface area contributed by atoms with E-state index in [0.29, 0.717) is 43.8 Å². The molecule has 1 saturated heterocycles. The minimum Gasteiger partial charge on any atom is -0.461 e. The van der Waals surface area contributed by atoms with E-state index in [0.717, 1.165) is 29.6 Å². The molecule has 1 aliphatic heterocycles. The normalized spacial score (nSPS) is 21.4. The maximum atomic E-state index is 13.1. The van der Waals surface area contributed by atoms with Gasteiger partial charge in [-0.1, -0.05) is 32.1 Å². The number of carbonyl (C=O) groups excluding carboxylic acids is 2. The summed E-state index contributed by atoms with van der Waals surface area (Å²) >= 11 is 0. The van der Waals surface area contributed by atoms with E-state index < -0.39 is 0 Å². The number of anilines is 1. The molecule has 7 heteroatoms. The molecular weight excluding hydrogens is 418 g/mol. The number of hydrogen-bond acceptors (Lipinski definition) is 5. The van der Waals surface area contributed by atoms with Gasteiger partial charge in [0, 0.05) is 43.3 Å². The molecule has 33 heavy (non-hydrogen) atoms. The van der Waals surface area contributed by atoms with Gasteiger partial charge in [0.2, 0.25) is 5.91 Å². The molecule has 2 atom stereocenters. The van der Waals surface area contributed by atoms with Crippen LogP contribution in [0.3, 0.4) is 0 Å². The molecule has 2 fully saturated rings. The second-order valence-corrected chi connectivity index (χ2v) is 9.32. The second kappa shape index (κ2) is 11.2. The van der Waals surface area contributed by atoms with Crippen LogP contribution in [-0.2, 0) is 21.3 Å². The van der Waals surface area contributed by atoms with Crippen molar-refractivity contribution in [2.45, 2.75) is 57.9 Å². The highest BCUT2D eigenvalue weighted by Gasteiger charge is 2.38. The van der Waals surface area contributed by atoms with Gasteiger partial charge in [-0.15, -0.1) is 0 Å². The maximum Gasteiger partial charge on any atom is 0.354 e. The summed E-state index contributed by atoms with van der Waals surface area (Å²) in [6.45, 7) is 4.43. The zero-order valence-electron chi connectivity index (χ0n) is 19.9. The fourth-order valence-electron chi connectivity index (χ4n) is 5.47. The van der Waals surface area contributed by atoms with Crippen molar-refractivity contribution in [2.75, 3.05) is 31.7 Å². The molecule has 1 aromatic heterocycles. The molecular formula is C26H37N3O4. The highest BCUT2D eigenvalue weighted by molar-refractivity contribution is 6.00. The number of ether oxygens (including phenoxy) is 2. The average molecular weight is 456 g/mol. The minimum absolute atomic E-state index is 0.0484. The molecule has 1 aliphatic carbocycles. The summed E-state index contributed by atoms with van der Waals surface area (Å²) in [5, 5.41) is 7.45. The first-order valence-electron chi connectivity index (χ1n) is 12.5. The summed E-state index contributed by atoms with van der Waals surface area (Å²) in [6, 6.07) is 7.49. The maximum absolute atomic E-state index is 13.1. The Morgan fingerprint density at radius 2 is 1.94 bits per heavy atom. The third-order valence-corrected chi connectivity index (χ3v) is 7.20. The number of amides is 1. The number of aromatic nitrogens is 1. The molecule has 0 radical (unpaired) electrons. The fraction of sp³-hybridized carbons (Fsp3) is 0.615. The van der Waals surface area contributed by atoms with Crippen molar-refractivity contribution in [3.8, 4) is 0 Å². The molecule has 0 unspecified atom stereocenters. The van der Waals surface area contributed by atoms with Crippen LogP contribution >= 0.6 is 0 Å². The van der Waals surface area contributed by atoms with E-state index in [-0.39, 0.29) is 17.9 Å². The van der Waals surface area contributed by atoms with Crippen LogP contribution in [0.25, 0.3) is 10.9 Å². The van der Waals surface area contributed by atoms with E-state index in [1.165, 1.54) is 32.1 Å². The summed E-state index contributed by atoms with van der Waals surface area (Å²) < 4.78 is 12.5. The van der Waals surface area contributed by atoms with Gasteiger partial charge in [-0.05, 0) is 56.0 Å². The number of nitrogens with zero attached hydrogens (tertiary/aromatic N) is 1. The number of hydrogen-bond donors (Lipinski definition) is 2. The van der Waals surface area contributed by atoms with Crippen LogP contribution in [-0.4, -0.2) is 48.9 Å². The topological polar surface area (TPSA) is 81.6 Å². The molecule has 1 saturated carbocycles. The van der Waals surface area contributed by atoms with Crippen LogP contribution in [0.5, 0.6) is 0 Å². The quantitative estimate of drug-likeness (QED) is 0.436. The molecule has 2 aliphatic rings. The molecule has 2 N–H and O–H groups in total. The summed E-state index contributed by atoms with van der Waals surface area (Å²) in [5.41, 5.74) is 2.18. The summed E-state index contributed by atoms with van der Waals surface area (Å²) in [5.74, 6) is 0.784. The van der Waals surface area contributed by atoms with Crippen molar-refractivity contribution in [3.05, 3.63) is 30.0 Å². The van der Waals surface area contributed by atoms with Gasteiger partial charge in [0.1, 0.15) is 5.69 Å². The van der Waals surface area contributed by atoms with E-state index in [1.54, 1.807) is 0 Å². The highest BCUT2D eigenvalue weighted by atomic mass is 16.5. The molecule has 0 spiro atoms. The van der Waals surface area contributed by atoms with Crippen LogP contribution in [0.15, 0.2) is 24.3 Å². The SMILES string of the molecule is CCOCCCOC(=O)c1cc2cc(NC(=O)[C@@H]3NCC[C@H]3C3CCCCC3)ccc2n1C. The van der Waals surface area contributed by atoms with Crippen molar-refractivity contribution in [3.63, 3.8) is 0 Å². The monoisotopic (exact) mass is 455 g/mol. The molecule has 2 heterocycles. The van der Waals surface area contributed by atoms with Gasteiger partial charge in [0.05, 0.1) is 12.6 Å². The lowest BCUT2D eigenvalue weighted by atomic mass is 9.76. The summed E-state index contributed by atoms with van der Waals surface area (Å²) in [4.78, 5) is 25.6. The lowest BCUT2D eigenvalue weighted by Gasteiger charge is -2.30. The standard InChI is InChI=1S/C26H37N3O4/c1-3-32-14-7-15-33-26(31)23-17-19-16-20(10-11-22(19)29(23)2)28-25(30)24-21(12-13-27-24)18-8-5-4-6-9-18/h10-11,16-18,21,24,27H,3-9,12-15H2,1-2H3,(H,28,30)/t21-,24+/m0/s1. The highest BCUT2D eigenvalue weighted by Crippen LogP contribution is 2.36. The molecule has 2 aromatic rings. The van der Waals surface area contributed by atoms with Crippen LogP contribution < -0.4 is 10.6 Å². The van der Waals surface area contributed by atoms with Crippen LogP contribution in [0, 0.1) is 11.8 Å². The van der Waals surface area contributed by atoms with Crippen molar-refractivity contribution in [1.82, 2.24) is 9.88 Å². The third-order valence-electron chi connectivity index (χ3n) is 7.20. The number of rotatable bonds is 9. The van der Waals surface area contributed by atoms with Crippen molar-refractivity contribution in [2.24, 2.45) is 18.9 Å². The lowest BCUT2D eigenvalue weighted by Crippen LogP contribution is -2.42. The number of benzene rings is 1. The first kappa shape index (κ1) is 23.8. The molecule has 4 rings (SSSR count). The van der Waals surface area contributed by atoms with Crippen molar-refractivity contribution < 1.29 is 19.1 Å². The second-order valence-electron chi connectivity index (χ2n) is 9.32. The Bertz CT molecular complexity index is 964. The number of fused-ring (bicyclic) bond motifs is 1. The largest absolute Gasteiger partial charge is 0.461 e. The van der Waals surface area contributed by atoms with E-state index in [2.05, 4.69) is 10.6 Å². The summed E-state index contributed by atoms with van der Waals surface area (Å²) in [6.07, 6.45) is 8.16. The van der Waals surface area contributed by atoms with Crippen molar-refractivity contribution >= 4 is 28.5 Å². The van der Waals surface area contributed by atoms with Gasteiger partial charge in [-0.2, -0.15) is 0 Å². The zero-order valence-corrected chi connectivity index (χ0v) is 19.9. The van der Waals surface area contributed by atoms with E-state index in [4.69, 9.17) is 9.47 Å². The molecule has 1 aromatic carbocycles. The van der Waals surface area contributed by atoms with E-state index >= 15 is 0 Å². The van der Waals surface area contributed by atoms with Gasteiger partial charge in [-0.3, -0.25) is 4.79 Å². The van der Waals surface area contributed by atoms with Gasteiger partial charge in [0.25, 0.3) is 0 Å². The van der Waals surface area contributed by atoms with Gasteiger partial charge in [-0.25, -0.2) is 4.79 Å². The molecule has 0 bridgehead atoms. The zero-order chi connectivity index (χ0) is 23.2. The number of aryl methyl sites for hydroxylation is 1. The predicted octanol–water partition coefficient (Wildman–Crippen LogP) is 4.26. The number of esters is 1.